The second kappa shape index (κ2) is 11.5. The van der Waals surface area contributed by atoms with Crippen molar-refractivity contribution in [3.63, 3.8) is 0 Å². The molecule has 0 bridgehead atoms. The molecule has 3 aromatic rings. The van der Waals surface area contributed by atoms with Gasteiger partial charge >= 0.3 is 5.97 Å². The van der Waals surface area contributed by atoms with Crippen LogP contribution in [0.3, 0.4) is 0 Å². The van der Waals surface area contributed by atoms with Crippen molar-refractivity contribution in [3.8, 4) is 11.5 Å². The highest BCUT2D eigenvalue weighted by Crippen LogP contribution is 2.24. The van der Waals surface area contributed by atoms with Gasteiger partial charge in [0.15, 0.2) is 0 Å². The van der Waals surface area contributed by atoms with Crippen molar-refractivity contribution in [1.82, 2.24) is 0 Å². The second-order valence-corrected chi connectivity index (χ2v) is 7.97. The summed E-state index contributed by atoms with van der Waals surface area (Å²) >= 11 is 1.36. The molecule has 0 fully saturated rings. The average Bonchev–Trinajstić information content (AvgIpc) is 2.80. The number of carboxylic acids is 1. The molecule has 8 heteroatoms. The lowest BCUT2D eigenvalue weighted by molar-refractivity contribution is -0.132. The minimum atomic E-state index is -1.15. The molecule has 0 unspecified atom stereocenters. The Bertz CT molecular complexity index is 1140. The molecule has 2 amide bonds. The van der Waals surface area contributed by atoms with Crippen molar-refractivity contribution >= 4 is 40.9 Å². The number of aliphatic carboxylic acids is 1. The molecule has 0 atom stereocenters. The fourth-order valence-electron chi connectivity index (χ4n) is 2.65. The average molecular weight is 463 g/mol. The summed E-state index contributed by atoms with van der Waals surface area (Å²) in [6.07, 6.45) is 1.02. The van der Waals surface area contributed by atoms with E-state index in [0.717, 1.165) is 16.7 Å². The zero-order valence-electron chi connectivity index (χ0n) is 17.8. The molecule has 0 aliphatic heterocycles. The third-order valence-corrected chi connectivity index (χ3v) is 5.31. The molecule has 7 nitrogen and oxygen atoms in total. The van der Waals surface area contributed by atoms with E-state index in [-0.39, 0.29) is 17.2 Å². The highest BCUT2D eigenvalue weighted by atomic mass is 32.2. The van der Waals surface area contributed by atoms with Crippen LogP contribution in [0.25, 0.3) is 0 Å². The number of nitrogens with one attached hydrogen (secondary N) is 2. The summed E-state index contributed by atoms with van der Waals surface area (Å²) in [7, 11) is 0. The van der Waals surface area contributed by atoms with Crippen LogP contribution >= 0.6 is 11.8 Å². The number of carbonyl (C=O) groups excluding carboxylic acids is 2. The van der Waals surface area contributed by atoms with Crippen molar-refractivity contribution in [2.24, 2.45) is 0 Å². The van der Waals surface area contributed by atoms with Crippen LogP contribution in [-0.4, -0.2) is 28.6 Å². The van der Waals surface area contributed by atoms with Gasteiger partial charge in [-0.05, 0) is 67.6 Å². The summed E-state index contributed by atoms with van der Waals surface area (Å²) in [6.45, 7) is 1.35. The van der Waals surface area contributed by atoms with Crippen LogP contribution in [0.2, 0.25) is 0 Å². The summed E-state index contributed by atoms with van der Waals surface area (Å²) < 4.78 is 5.73. The van der Waals surface area contributed by atoms with E-state index in [1.165, 1.54) is 18.7 Å². The summed E-state index contributed by atoms with van der Waals surface area (Å²) in [5, 5.41) is 14.2. The van der Waals surface area contributed by atoms with Gasteiger partial charge in [-0.25, -0.2) is 4.79 Å². The molecular formula is C25H22N2O5S. The molecule has 3 rings (SSSR count). The Labute approximate surface area is 195 Å². The summed E-state index contributed by atoms with van der Waals surface area (Å²) in [5.74, 6) is -0.184. The van der Waals surface area contributed by atoms with E-state index in [4.69, 9.17) is 9.84 Å². The van der Waals surface area contributed by atoms with Gasteiger partial charge in [0.2, 0.25) is 11.8 Å². The highest BCUT2D eigenvalue weighted by Gasteiger charge is 2.07. The van der Waals surface area contributed by atoms with E-state index in [0.29, 0.717) is 17.1 Å². The standard InChI is InChI=1S/C25H22N2O5S/c1-17(25(30)31)15-23(28)26-19-9-13-22(14-10-19)33-16-24(29)27-18-7-11-21(12-8-18)32-20-5-3-2-4-6-20/h2-15H,16H2,1H3,(H,26,28)(H,27,29)(H,30,31)/b17-15-. The Kier molecular flexibility index (Phi) is 8.26. The first kappa shape index (κ1) is 23.6. The first-order valence-corrected chi connectivity index (χ1v) is 11.0. The largest absolute Gasteiger partial charge is 0.478 e. The van der Waals surface area contributed by atoms with Crippen molar-refractivity contribution in [2.75, 3.05) is 16.4 Å². The topological polar surface area (TPSA) is 105 Å². The smallest absolute Gasteiger partial charge is 0.331 e. The number of carbonyl (C=O) groups is 3. The van der Waals surface area contributed by atoms with Crippen LogP contribution in [0.1, 0.15) is 6.92 Å². The van der Waals surface area contributed by atoms with Crippen molar-refractivity contribution in [2.45, 2.75) is 11.8 Å². The van der Waals surface area contributed by atoms with E-state index in [2.05, 4.69) is 10.6 Å². The lowest BCUT2D eigenvalue weighted by Gasteiger charge is -2.08. The van der Waals surface area contributed by atoms with Crippen molar-refractivity contribution in [1.29, 1.82) is 0 Å². The Morgan fingerprint density at radius 2 is 1.42 bits per heavy atom. The number of carboxylic acid groups (broad SMARTS) is 1. The second-order valence-electron chi connectivity index (χ2n) is 6.92. The molecule has 0 saturated heterocycles. The van der Waals surface area contributed by atoms with Gasteiger partial charge in [-0.1, -0.05) is 18.2 Å². The lowest BCUT2D eigenvalue weighted by Crippen LogP contribution is -2.13. The monoisotopic (exact) mass is 462 g/mol. The molecule has 0 aliphatic carbocycles. The predicted octanol–water partition coefficient (Wildman–Crippen LogP) is 5.18. The molecule has 33 heavy (non-hydrogen) atoms. The number of para-hydroxylation sites is 1. The number of rotatable bonds is 9. The molecule has 3 N–H and O–H groups in total. The molecule has 168 valence electrons. The van der Waals surface area contributed by atoms with Gasteiger partial charge in [-0.3, -0.25) is 9.59 Å². The number of thioether (sulfide) groups is 1. The number of hydrogen-bond donors (Lipinski definition) is 3. The summed E-state index contributed by atoms with van der Waals surface area (Å²) in [4.78, 5) is 35.7. The molecule has 0 radical (unpaired) electrons. The Balaban J connectivity index is 1.45. The summed E-state index contributed by atoms with van der Waals surface area (Å²) in [5.41, 5.74) is 1.15. The molecule has 0 aromatic heterocycles. The van der Waals surface area contributed by atoms with Crippen LogP contribution in [0.15, 0.2) is 95.4 Å². The third-order valence-electron chi connectivity index (χ3n) is 4.29. The van der Waals surface area contributed by atoms with Gasteiger partial charge in [0.1, 0.15) is 11.5 Å². The van der Waals surface area contributed by atoms with Gasteiger partial charge in [-0.15, -0.1) is 11.8 Å². The first-order chi connectivity index (χ1) is 15.9. The Morgan fingerprint density at radius 3 is 2.06 bits per heavy atom. The van der Waals surface area contributed by atoms with E-state index in [1.54, 1.807) is 48.5 Å². The molecular weight excluding hydrogens is 440 g/mol. The van der Waals surface area contributed by atoms with Crippen LogP contribution in [0.5, 0.6) is 11.5 Å². The third kappa shape index (κ3) is 7.86. The number of anilines is 2. The van der Waals surface area contributed by atoms with Gasteiger partial charge in [0.25, 0.3) is 0 Å². The van der Waals surface area contributed by atoms with Crippen LogP contribution in [0, 0.1) is 0 Å². The van der Waals surface area contributed by atoms with Crippen molar-refractivity contribution < 1.29 is 24.2 Å². The number of hydrogen-bond acceptors (Lipinski definition) is 5. The molecule has 0 saturated carbocycles. The maximum Gasteiger partial charge on any atom is 0.331 e. The first-order valence-electron chi connectivity index (χ1n) is 9.97. The van der Waals surface area contributed by atoms with Crippen LogP contribution in [0.4, 0.5) is 11.4 Å². The molecule has 0 heterocycles. The molecule has 0 spiro atoms. The molecule has 3 aromatic carbocycles. The Hall–Kier alpha value is -4.04. The van der Waals surface area contributed by atoms with Crippen molar-refractivity contribution in [3.05, 3.63) is 90.5 Å². The summed E-state index contributed by atoms with van der Waals surface area (Å²) in [6, 6.07) is 23.5. The van der Waals surface area contributed by atoms with E-state index in [1.807, 2.05) is 30.3 Å². The Morgan fingerprint density at radius 1 is 0.848 bits per heavy atom. The highest BCUT2D eigenvalue weighted by molar-refractivity contribution is 8.00. The van der Waals surface area contributed by atoms with Gasteiger partial charge in [0, 0.05) is 27.9 Å². The minimum Gasteiger partial charge on any atom is -0.478 e. The fourth-order valence-corrected chi connectivity index (χ4v) is 3.35. The minimum absolute atomic E-state index is 0.0518. The quantitative estimate of drug-likeness (QED) is 0.299. The SMILES string of the molecule is C/C(=C/C(=O)Nc1ccc(SCC(=O)Nc2ccc(Oc3ccccc3)cc2)cc1)C(=O)O. The maximum absolute atomic E-state index is 12.3. The zero-order valence-corrected chi connectivity index (χ0v) is 18.6. The van der Waals surface area contributed by atoms with Gasteiger partial charge < -0.3 is 20.5 Å². The number of amides is 2. The fraction of sp³-hybridized carbons (Fsp3) is 0.0800. The van der Waals surface area contributed by atoms with Gasteiger partial charge in [0.05, 0.1) is 5.75 Å². The zero-order chi connectivity index (χ0) is 23.6. The van der Waals surface area contributed by atoms with Gasteiger partial charge in [-0.2, -0.15) is 0 Å². The van der Waals surface area contributed by atoms with Crippen LogP contribution in [-0.2, 0) is 14.4 Å². The van der Waals surface area contributed by atoms with E-state index >= 15 is 0 Å². The number of ether oxygens (including phenoxy) is 1. The van der Waals surface area contributed by atoms with Crippen LogP contribution < -0.4 is 15.4 Å². The normalized spacial score (nSPS) is 10.9. The van der Waals surface area contributed by atoms with E-state index in [9.17, 15) is 14.4 Å². The maximum atomic E-state index is 12.3. The van der Waals surface area contributed by atoms with E-state index < -0.39 is 11.9 Å². The molecule has 0 aliphatic rings. The predicted molar refractivity (Wildman–Crippen MR) is 129 cm³/mol. The lowest BCUT2D eigenvalue weighted by atomic mass is 10.2. The number of benzene rings is 3.